The van der Waals surface area contributed by atoms with E-state index in [-0.39, 0.29) is 17.7 Å². The molecule has 2 amide bonds. The van der Waals surface area contributed by atoms with Crippen molar-refractivity contribution in [1.29, 1.82) is 0 Å². The summed E-state index contributed by atoms with van der Waals surface area (Å²) in [7, 11) is 0. The van der Waals surface area contributed by atoms with E-state index < -0.39 is 0 Å². The molecule has 0 radical (unpaired) electrons. The van der Waals surface area contributed by atoms with Crippen molar-refractivity contribution in [2.24, 2.45) is 5.92 Å². The molecular weight excluding hydrogens is 434 g/mol. The third-order valence-electron chi connectivity index (χ3n) is 5.69. The maximum Gasteiger partial charge on any atom is 0.259 e. The molecule has 0 unspecified atom stereocenters. The summed E-state index contributed by atoms with van der Waals surface area (Å²) in [5, 5.41) is 14.5. The molecule has 1 fully saturated rings. The Morgan fingerprint density at radius 1 is 1.09 bits per heavy atom. The van der Waals surface area contributed by atoms with E-state index in [4.69, 9.17) is 4.74 Å². The Morgan fingerprint density at radius 3 is 2.65 bits per heavy atom. The van der Waals surface area contributed by atoms with Crippen molar-refractivity contribution in [3.63, 3.8) is 0 Å². The highest BCUT2D eigenvalue weighted by Gasteiger charge is 2.30. The number of carbonyl (C=O) groups excluding carboxylic acids is 2. The van der Waals surface area contributed by atoms with Crippen molar-refractivity contribution in [3.05, 3.63) is 59.5 Å². The Kier molecular flexibility index (Phi) is 5.48. The fraction of sp³-hybridized carbons (Fsp3) is 0.292. The second kappa shape index (κ2) is 8.62. The van der Waals surface area contributed by atoms with Crippen molar-refractivity contribution in [2.75, 3.05) is 10.6 Å². The molecule has 1 aliphatic rings. The summed E-state index contributed by atoms with van der Waals surface area (Å²) in [5.74, 6) is 1.20. The Bertz CT molecular complexity index is 1400. The fourth-order valence-corrected chi connectivity index (χ4v) is 3.57. The zero-order chi connectivity index (χ0) is 23.8. The number of hydrogen-bond acceptors (Lipinski definition) is 6. The monoisotopic (exact) mass is 459 g/mol. The number of nitrogens with one attached hydrogen (secondary N) is 2. The van der Waals surface area contributed by atoms with E-state index in [2.05, 4.69) is 25.8 Å². The van der Waals surface area contributed by atoms with E-state index in [1.807, 2.05) is 32.9 Å². The van der Waals surface area contributed by atoms with Crippen LogP contribution >= 0.6 is 0 Å². The van der Waals surface area contributed by atoms with Crippen molar-refractivity contribution >= 4 is 29.0 Å². The van der Waals surface area contributed by atoms with Crippen LogP contribution in [-0.4, -0.2) is 36.2 Å². The SMILES string of the molecule is CCn1cc(C(=O)Nc2cc(Oc3ccc4nc(NC(=O)C5CC5)cn4n3)ccc2C)c(C)n1. The number of aryl methyl sites for hydroxylation is 3. The van der Waals surface area contributed by atoms with E-state index in [0.717, 1.165) is 18.4 Å². The van der Waals surface area contributed by atoms with Crippen LogP contribution in [0.25, 0.3) is 5.65 Å². The minimum absolute atomic E-state index is 0.00801. The molecule has 0 bridgehead atoms. The van der Waals surface area contributed by atoms with Crippen molar-refractivity contribution < 1.29 is 14.3 Å². The number of fused-ring (bicyclic) bond motifs is 1. The van der Waals surface area contributed by atoms with Crippen LogP contribution in [0.1, 0.15) is 41.4 Å². The summed E-state index contributed by atoms with van der Waals surface area (Å²) in [4.78, 5) is 29.2. The van der Waals surface area contributed by atoms with Crippen LogP contribution in [-0.2, 0) is 11.3 Å². The van der Waals surface area contributed by atoms with Gasteiger partial charge in [-0.3, -0.25) is 14.3 Å². The Labute approximate surface area is 195 Å². The minimum atomic E-state index is -0.226. The van der Waals surface area contributed by atoms with Gasteiger partial charge in [-0.2, -0.15) is 5.10 Å². The van der Waals surface area contributed by atoms with Crippen molar-refractivity contribution in [2.45, 2.75) is 40.2 Å². The zero-order valence-corrected chi connectivity index (χ0v) is 19.2. The van der Waals surface area contributed by atoms with Gasteiger partial charge in [0.15, 0.2) is 11.5 Å². The molecule has 0 atom stereocenters. The molecule has 1 saturated carbocycles. The fourth-order valence-electron chi connectivity index (χ4n) is 3.57. The molecule has 10 heteroatoms. The lowest BCUT2D eigenvalue weighted by molar-refractivity contribution is -0.117. The normalized spacial score (nSPS) is 13.1. The largest absolute Gasteiger partial charge is 0.438 e. The summed E-state index contributed by atoms with van der Waals surface area (Å²) in [6, 6.07) is 8.91. The molecule has 0 spiro atoms. The number of imidazole rings is 1. The number of nitrogens with zero attached hydrogens (tertiary/aromatic N) is 5. The average molecular weight is 460 g/mol. The van der Waals surface area contributed by atoms with E-state index in [9.17, 15) is 9.59 Å². The first kappa shape index (κ1) is 21.6. The first-order chi connectivity index (χ1) is 16.4. The second-order valence-corrected chi connectivity index (χ2v) is 8.38. The van der Waals surface area contributed by atoms with Crippen LogP contribution < -0.4 is 15.4 Å². The topological polar surface area (TPSA) is 115 Å². The van der Waals surface area contributed by atoms with Gasteiger partial charge in [-0.25, -0.2) is 9.50 Å². The van der Waals surface area contributed by atoms with Gasteiger partial charge in [-0.1, -0.05) is 6.07 Å². The van der Waals surface area contributed by atoms with Crippen LogP contribution in [0.2, 0.25) is 0 Å². The molecule has 0 aliphatic heterocycles. The first-order valence-electron chi connectivity index (χ1n) is 11.2. The average Bonchev–Trinajstić information content (AvgIpc) is 3.49. The van der Waals surface area contributed by atoms with Gasteiger partial charge in [0.2, 0.25) is 11.8 Å². The molecule has 1 aromatic carbocycles. The molecule has 3 heterocycles. The third-order valence-corrected chi connectivity index (χ3v) is 5.69. The van der Waals surface area contributed by atoms with Crippen LogP contribution in [0.5, 0.6) is 11.6 Å². The number of hydrogen-bond donors (Lipinski definition) is 2. The minimum Gasteiger partial charge on any atom is -0.438 e. The number of anilines is 2. The summed E-state index contributed by atoms with van der Waals surface area (Å²) in [6.07, 6.45) is 5.25. The lowest BCUT2D eigenvalue weighted by Gasteiger charge is -2.11. The predicted octanol–water partition coefficient (Wildman–Crippen LogP) is 3.96. The Hall–Kier alpha value is -4.21. The van der Waals surface area contributed by atoms with Crippen LogP contribution in [0.4, 0.5) is 11.5 Å². The maximum atomic E-state index is 12.8. The molecule has 34 heavy (non-hydrogen) atoms. The predicted molar refractivity (Wildman–Crippen MR) is 126 cm³/mol. The quantitative estimate of drug-likeness (QED) is 0.432. The Balaban J connectivity index is 1.32. The molecule has 174 valence electrons. The van der Waals surface area contributed by atoms with Gasteiger partial charge < -0.3 is 15.4 Å². The van der Waals surface area contributed by atoms with Crippen molar-refractivity contribution in [3.8, 4) is 11.6 Å². The number of carbonyl (C=O) groups is 2. The molecule has 0 saturated heterocycles. The summed E-state index contributed by atoms with van der Waals surface area (Å²) in [6.45, 7) is 6.39. The van der Waals surface area contributed by atoms with E-state index in [0.29, 0.717) is 46.6 Å². The Morgan fingerprint density at radius 2 is 1.91 bits per heavy atom. The molecule has 3 aromatic heterocycles. The standard InChI is InChI=1S/C24H25N7O3/c1-4-30-12-18(15(3)28-30)24(33)25-19-11-17(8-5-14(19)2)34-22-10-9-21-26-20(13-31(21)29-22)27-23(32)16-6-7-16/h5,8-13,16H,4,6-7H2,1-3H3,(H,25,33)(H,27,32). The highest BCUT2D eigenvalue weighted by Crippen LogP contribution is 2.30. The van der Waals surface area contributed by atoms with E-state index in [1.54, 1.807) is 39.8 Å². The van der Waals surface area contributed by atoms with Gasteiger partial charge in [-0.15, -0.1) is 5.10 Å². The summed E-state index contributed by atoms with van der Waals surface area (Å²) >= 11 is 0. The molecule has 10 nitrogen and oxygen atoms in total. The van der Waals surface area contributed by atoms with Crippen LogP contribution in [0.3, 0.4) is 0 Å². The van der Waals surface area contributed by atoms with Gasteiger partial charge in [-0.05, 0) is 51.3 Å². The van der Waals surface area contributed by atoms with Gasteiger partial charge in [0.05, 0.1) is 17.5 Å². The van der Waals surface area contributed by atoms with E-state index in [1.165, 1.54) is 0 Å². The smallest absolute Gasteiger partial charge is 0.259 e. The number of benzene rings is 1. The highest BCUT2D eigenvalue weighted by atomic mass is 16.5. The lowest BCUT2D eigenvalue weighted by Crippen LogP contribution is -2.13. The van der Waals surface area contributed by atoms with Crippen LogP contribution in [0, 0.1) is 19.8 Å². The van der Waals surface area contributed by atoms with Crippen molar-refractivity contribution in [1.82, 2.24) is 24.4 Å². The van der Waals surface area contributed by atoms with Crippen LogP contribution in [0.15, 0.2) is 42.7 Å². The van der Waals surface area contributed by atoms with Gasteiger partial charge in [0, 0.05) is 36.5 Å². The number of ether oxygens (including phenoxy) is 1. The third kappa shape index (κ3) is 4.47. The van der Waals surface area contributed by atoms with Gasteiger partial charge in [0.1, 0.15) is 5.75 Å². The second-order valence-electron chi connectivity index (χ2n) is 8.38. The van der Waals surface area contributed by atoms with Gasteiger partial charge >= 0.3 is 0 Å². The van der Waals surface area contributed by atoms with E-state index >= 15 is 0 Å². The molecule has 5 rings (SSSR count). The lowest BCUT2D eigenvalue weighted by atomic mass is 10.1. The summed E-state index contributed by atoms with van der Waals surface area (Å²) < 4.78 is 9.23. The summed E-state index contributed by atoms with van der Waals surface area (Å²) in [5.41, 5.74) is 3.34. The number of amides is 2. The van der Waals surface area contributed by atoms with Gasteiger partial charge in [0.25, 0.3) is 5.91 Å². The highest BCUT2D eigenvalue weighted by molar-refractivity contribution is 6.05. The number of rotatable bonds is 7. The molecular formula is C24H25N7O3. The molecule has 1 aliphatic carbocycles. The first-order valence-corrected chi connectivity index (χ1v) is 11.2. The maximum absolute atomic E-state index is 12.8. The number of aromatic nitrogens is 5. The molecule has 2 N–H and O–H groups in total. The zero-order valence-electron chi connectivity index (χ0n) is 19.2. The molecule has 4 aromatic rings.